The van der Waals surface area contributed by atoms with Crippen molar-refractivity contribution >= 4 is 23.6 Å². The third kappa shape index (κ3) is 6.70. The summed E-state index contributed by atoms with van der Waals surface area (Å²) in [6.45, 7) is 10.9. The van der Waals surface area contributed by atoms with Crippen LogP contribution in [0.3, 0.4) is 0 Å². The monoisotopic (exact) mass is 440 g/mol. The van der Waals surface area contributed by atoms with Gasteiger partial charge in [0.2, 0.25) is 11.8 Å². The number of nitrogens with one attached hydrogen (secondary N) is 1. The van der Waals surface area contributed by atoms with E-state index in [1.807, 2.05) is 27.7 Å². The minimum Gasteiger partial charge on any atom is -0.381 e. The summed E-state index contributed by atoms with van der Waals surface area (Å²) >= 11 is 1.67. The lowest BCUT2D eigenvalue weighted by atomic mass is 9.90. The molecule has 0 radical (unpaired) electrons. The van der Waals surface area contributed by atoms with Crippen LogP contribution in [-0.2, 0) is 24.4 Å². The zero-order valence-electron chi connectivity index (χ0n) is 18.7. The number of aromatic nitrogens is 1. The van der Waals surface area contributed by atoms with Crippen LogP contribution in [0.2, 0.25) is 0 Å². The summed E-state index contributed by atoms with van der Waals surface area (Å²) in [5.74, 6) is 1.85. The number of hydrogen-bond acceptors (Lipinski definition) is 7. The van der Waals surface area contributed by atoms with Gasteiger partial charge in [0.15, 0.2) is 6.29 Å². The Hall–Kier alpha value is -1.09. The van der Waals surface area contributed by atoms with Gasteiger partial charge in [-0.05, 0) is 57.6 Å². The zero-order chi connectivity index (χ0) is 21.6. The molecule has 8 heteroatoms. The molecule has 0 aliphatic carbocycles. The van der Waals surface area contributed by atoms with Gasteiger partial charge in [-0.2, -0.15) is 0 Å². The lowest BCUT2D eigenvalue weighted by molar-refractivity contribution is -0.170. The molecule has 1 aromatic rings. The highest BCUT2D eigenvalue weighted by atomic mass is 32.2. The molecule has 7 nitrogen and oxygen atoms in total. The van der Waals surface area contributed by atoms with Crippen LogP contribution in [0.4, 0.5) is 5.88 Å². The van der Waals surface area contributed by atoms with Crippen LogP contribution in [-0.4, -0.2) is 54.3 Å². The molecular formula is C22H36N2O5S. The molecule has 30 heavy (non-hydrogen) atoms. The summed E-state index contributed by atoms with van der Waals surface area (Å²) in [6, 6.07) is 1.79. The highest BCUT2D eigenvalue weighted by Gasteiger charge is 2.32. The van der Waals surface area contributed by atoms with E-state index in [9.17, 15) is 4.79 Å². The Kier molecular flexibility index (Phi) is 8.24. The van der Waals surface area contributed by atoms with Crippen LogP contribution < -0.4 is 5.32 Å². The van der Waals surface area contributed by atoms with E-state index in [4.69, 9.17) is 18.7 Å². The number of thioether (sulfide) groups is 1. The van der Waals surface area contributed by atoms with E-state index in [1.54, 1.807) is 17.8 Å². The maximum atomic E-state index is 12.8. The van der Waals surface area contributed by atoms with Crippen LogP contribution >= 0.6 is 11.8 Å². The Morgan fingerprint density at radius 2 is 2.10 bits per heavy atom. The molecule has 170 valence electrons. The highest BCUT2D eigenvalue weighted by molar-refractivity contribution is 8.01. The van der Waals surface area contributed by atoms with E-state index in [2.05, 4.69) is 10.5 Å². The van der Waals surface area contributed by atoms with Gasteiger partial charge in [0.05, 0.1) is 17.0 Å². The Bertz CT molecular complexity index is 679. The summed E-state index contributed by atoms with van der Waals surface area (Å²) < 4.78 is 21.8. The van der Waals surface area contributed by atoms with E-state index in [0.29, 0.717) is 18.4 Å². The number of amides is 1. The third-order valence-electron chi connectivity index (χ3n) is 5.77. The Labute approximate surface area is 183 Å². The molecule has 2 unspecified atom stereocenters. The minimum absolute atomic E-state index is 0.0810. The fraction of sp³-hybridized carbons (Fsp3) is 0.818. The number of nitrogens with zero attached hydrogens (tertiary/aromatic N) is 1. The molecule has 2 saturated heterocycles. The number of rotatable bonds is 10. The quantitative estimate of drug-likeness (QED) is 0.578. The molecule has 1 N–H and O–H groups in total. The number of carbonyl (C=O) groups is 1. The summed E-state index contributed by atoms with van der Waals surface area (Å²) in [6.07, 6.45) is 5.22. The van der Waals surface area contributed by atoms with E-state index in [1.165, 1.54) is 0 Å². The smallest absolute Gasteiger partial charge is 0.242 e. The Morgan fingerprint density at radius 3 is 2.80 bits per heavy atom. The average molecular weight is 441 g/mol. The molecule has 3 rings (SSSR count). The van der Waals surface area contributed by atoms with Crippen molar-refractivity contribution < 1.29 is 23.5 Å². The van der Waals surface area contributed by atoms with E-state index >= 15 is 0 Å². The van der Waals surface area contributed by atoms with E-state index in [-0.39, 0.29) is 17.6 Å². The van der Waals surface area contributed by atoms with E-state index < -0.39 is 4.75 Å². The summed E-state index contributed by atoms with van der Waals surface area (Å²) in [5.41, 5.74) is 0.404. The van der Waals surface area contributed by atoms with Crippen LogP contribution in [0.5, 0.6) is 0 Å². The molecule has 2 aliphatic rings. The lowest BCUT2D eigenvalue weighted by Crippen LogP contribution is -2.34. The van der Waals surface area contributed by atoms with Crippen molar-refractivity contribution in [2.45, 2.75) is 76.3 Å². The van der Waals surface area contributed by atoms with Crippen molar-refractivity contribution in [1.29, 1.82) is 0 Å². The van der Waals surface area contributed by atoms with Gasteiger partial charge in [0.25, 0.3) is 0 Å². The standard InChI is InChI=1S/C22H36N2O5S/c1-21(2,15-28-19-7-5-6-10-27-19)17-13-18(29-24-17)23-20(25)22(3,4)30-12-9-16-8-11-26-14-16/h13,16,19H,5-12,14-15H2,1-4H3,(H,23,25). The van der Waals surface area contributed by atoms with Gasteiger partial charge < -0.3 is 18.7 Å². The average Bonchev–Trinajstić information content (AvgIpc) is 3.40. The molecule has 2 atom stereocenters. The molecule has 0 spiro atoms. The molecule has 0 saturated carbocycles. The van der Waals surface area contributed by atoms with Crippen LogP contribution in [0.1, 0.15) is 65.5 Å². The minimum atomic E-state index is -0.552. The maximum absolute atomic E-state index is 12.8. The predicted octanol–water partition coefficient (Wildman–Crippen LogP) is 4.37. The number of hydrogen-bond donors (Lipinski definition) is 1. The second kappa shape index (κ2) is 10.5. The van der Waals surface area contributed by atoms with Gasteiger partial charge >= 0.3 is 0 Å². The van der Waals surface area contributed by atoms with Gasteiger partial charge in [-0.25, -0.2) is 0 Å². The van der Waals surface area contributed by atoms with Crippen LogP contribution in [0.25, 0.3) is 0 Å². The van der Waals surface area contributed by atoms with Gasteiger partial charge in [0.1, 0.15) is 0 Å². The zero-order valence-corrected chi connectivity index (χ0v) is 19.5. The highest BCUT2D eigenvalue weighted by Crippen LogP contribution is 2.31. The third-order valence-corrected chi connectivity index (χ3v) is 7.11. The number of anilines is 1. The molecule has 3 heterocycles. The molecule has 1 amide bonds. The van der Waals surface area contributed by atoms with E-state index in [0.717, 1.165) is 63.4 Å². The first kappa shape index (κ1) is 23.6. The topological polar surface area (TPSA) is 82.8 Å². The second-order valence-corrected chi connectivity index (χ2v) is 11.1. The normalized spacial score (nSPS) is 22.9. The Balaban J connectivity index is 1.47. The van der Waals surface area contributed by atoms with Crippen molar-refractivity contribution in [3.63, 3.8) is 0 Å². The molecule has 2 fully saturated rings. The SMILES string of the molecule is CC(C)(SCCC1CCOC1)C(=O)Nc1cc(C(C)(C)COC2CCCCO2)no1. The number of carbonyl (C=O) groups excluding carboxylic acids is 1. The fourth-order valence-corrected chi connectivity index (χ4v) is 4.63. The molecular weight excluding hydrogens is 404 g/mol. The second-order valence-electron chi connectivity index (χ2n) is 9.40. The largest absolute Gasteiger partial charge is 0.381 e. The van der Waals surface area contributed by atoms with Crippen molar-refractivity contribution in [1.82, 2.24) is 5.16 Å². The van der Waals surface area contributed by atoms with Gasteiger partial charge in [-0.1, -0.05) is 19.0 Å². The van der Waals surface area contributed by atoms with Crippen molar-refractivity contribution in [2.24, 2.45) is 5.92 Å². The molecule has 2 aliphatic heterocycles. The van der Waals surface area contributed by atoms with Crippen LogP contribution in [0, 0.1) is 5.92 Å². The first-order valence-electron chi connectivity index (χ1n) is 11.0. The molecule has 0 aromatic carbocycles. The predicted molar refractivity (Wildman–Crippen MR) is 118 cm³/mol. The first-order chi connectivity index (χ1) is 14.3. The maximum Gasteiger partial charge on any atom is 0.242 e. The van der Waals surface area contributed by atoms with Crippen LogP contribution in [0.15, 0.2) is 10.6 Å². The van der Waals surface area contributed by atoms with Crippen molar-refractivity contribution in [3.05, 3.63) is 11.8 Å². The number of ether oxygens (including phenoxy) is 3. The van der Waals surface area contributed by atoms with Crippen molar-refractivity contribution in [2.75, 3.05) is 37.5 Å². The molecule has 0 bridgehead atoms. The summed E-state index contributed by atoms with van der Waals surface area (Å²) in [7, 11) is 0. The van der Waals surface area contributed by atoms with Gasteiger partial charge in [-0.15, -0.1) is 11.8 Å². The first-order valence-corrected chi connectivity index (χ1v) is 12.0. The van der Waals surface area contributed by atoms with Gasteiger partial charge in [0, 0.05) is 31.3 Å². The fourth-order valence-electron chi connectivity index (χ4n) is 3.49. The van der Waals surface area contributed by atoms with Gasteiger partial charge in [-0.3, -0.25) is 10.1 Å². The molecule has 1 aromatic heterocycles. The summed E-state index contributed by atoms with van der Waals surface area (Å²) in [4.78, 5) is 12.8. The summed E-state index contributed by atoms with van der Waals surface area (Å²) in [5, 5.41) is 7.05. The Morgan fingerprint density at radius 1 is 1.27 bits per heavy atom. The van der Waals surface area contributed by atoms with Crippen molar-refractivity contribution in [3.8, 4) is 0 Å². The lowest BCUT2D eigenvalue weighted by Gasteiger charge is -2.28.